The fraction of sp³-hybridized carbons (Fsp3) is 0.269. The van der Waals surface area contributed by atoms with E-state index in [1.54, 1.807) is 30.3 Å². The van der Waals surface area contributed by atoms with Gasteiger partial charge in [-0.1, -0.05) is 40.9 Å². The highest BCUT2D eigenvalue weighted by molar-refractivity contribution is 7.15. The highest BCUT2D eigenvalue weighted by atomic mass is 32.1. The molecule has 6 rings (SSSR count). The number of hydrogen-bond acceptors (Lipinski definition) is 11. The first-order valence-electron chi connectivity index (χ1n) is 12.3. The molecule has 0 aliphatic carbocycles. The maximum atomic E-state index is 12.4. The van der Waals surface area contributed by atoms with Crippen LogP contribution in [0.25, 0.3) is 10.8 Å². The molecule has 2 N–H and O–H groups in total. The number of aromatic nitrogens is 4. The number of benzene rings is 2. The van der Waals surface area contributed by atoms with E-state index in [0.29, 0.717) is 27.1 Å². The number of nitrogens with one attached hydrogen (secondary N) is 2. The maximum Gasteiger partial charge on any atom is 0.231 e. The maximum absolute atomic E-state index is 12.4. The van der Waals surface area contributed by atoms with Crippen LogP contribution in [0, 0.1) is 0 Å². The summed E-state index contributed by atoms with van der Waals surface area (Å²) in [6.45, 7) is 0.195. The molecule has 0 saturated heterocycles. The summed E-state index contributed by atoms with van der Waals surface area (Å²) in [5.41, 5.74) is 1.68. The van der Waals surface area contributed by atoms with E-state index >= 15 is 0 Å². The monoisotopic (exact) mass is 562 g/mol. The number of hydrogen-bond donors (Lipinski definition) is 2. The summed E-state index contributed by atoms with van der Waals surface area (Å²) in [6.07, 6.45) is 3.60. The zero-order chi connectivity index (χ0) is 26.8. The van der Waals surface area contributed by atoms with E-state index < -0.39 is 0 Å². The van der Waals surface area contributed by atoms with Crippen molar-refractivity contribution in [2.45, 2.75) is 38.5 Å². The van der Waals surface area contributed by atoms with Crippen LogP contribution in [0.15, 0.2) is 41.2 Å². The lowest BCUT2D eigenvalue weighted by Gasteiger charge is -2.03. The summed E-state index contributed by atoms with van der Waals surface area (Å²) in [4.78, 5) is 36.2. The summed E-state index contributed by atoms with van der Waals surface area (Å²) in [6, 6.07) is 10.8. The second kappa shape index (κ2) is 10.9. The third kappa shape index (κ3) is 6.10. The summed E-state index contributed by atoms with van der Waals surface area (Å²) in [5, 5.41) is 26.1. The molecule has 2 aromatic heterocycles. The zero-order valence-corrected chi connectivity index (χ0v) is 22.2. The first kappa shape index (κ1) is 25.1. The van der Waals surface area contributed by atoms with Crippen LogP contribution in [0.1, 0.15) is 34.0 Å². The Morgan fingerprint density at radius 2 is 1.33 bits per heavy atom. The Bertz CT molecular complexity index is 1690. The van der Waals surface area contributed by atoms with Gasteiger partial charge in [-0.3, -0.25) is 14.4 Å². The van der Waals surface area contributed by atoms with E-state index in [1.807, 2.05) is 6.07 Å². The van der Waals surface area contributed by atoms with E-state index in [2.05, 4.69) is 31.0 Å². The van der Waals surface area contributed by atoms with E-state index in [4.69, 9.17) is 9.47 Å². The summed E-state index contributed by atoms with van der Waals surface area (Å²) < 4.78 is 10.6. The molecule has 0 saturated carbocycles. The molecule has 1 aliphatic heterocycles. The summed E-state index contributed by atoms with van der Waals surface area (Å²) in [7, 11) is 0. The first-order valence-corrected chi connectivity index (χ1v) is 13.9. The number of amides is 2. The van der Waals surface area contributed by atoms with Gasteiger partial charge < -0.3 is 20.1 Å². The minimum atomic E-state index is -0.194. The van der Waals surface area contributed by atoms with Crippen molar-refractivity contribution < 1.29 is 19.1 Å². The molecule has 0 atom stereocenters. The van der Waals surface area contributed by atoms with Gasteiger partial charge in [-0.25, -0.2) is 0 Å². The molecule has 13 heteroatoms. The van der Waals surface area contributed by atoms with Gasteiger partial charge in [-0.2, -0.15) is 0 Å². The van der Waals surface area contributed by atoms with Gasteiger partial charge >= 0.3 is 0 Å². The van der Waals surface area contributed by atoms with Gasteiger partial charge in [0.05, 0.1) is 12.8 Å². The van der Waals surface area contributed by atoms with Crippen LogP contribution in [-0.4, -0.2) is 39.0 Å². The molecule has 0 bridgehead atoms. The normalized spacial score (nSPS) is 12.3. The Labute approximate surface area is 229 Å². The molecular weight excluding hydrogens is 540 g/mol. The van der Waals surface area contributed by atoms with Crippen molar-refractivity contribution in [1.82, 2.24) is 20.4 Å². The van der Waals surface area contributed by atoms with Crippen molar-refractivity contribution in [3.63, 3.8) is 0 Å². The lowest BCUT2D eigenvalue weighted by Crippen LogP contribution is -2.14. The molecular formula is C26H22N6O5S2. The van der Waals surface area contributed by atoms with Crippen molar-refractivity contribution in [2.75, 3.05) is 17.4 Å². The van der Waals surface area contributed by atoms with Crippen molar-refractivity contribution >= 4 is 55.5 Å². The van der Waals surface area contributed by atoms with E-state index in [-0.39, 0.29) is 36.9 Å². The van der Waals surface area contributed by atoms with E-state index in [9.17, 15) is 14.4 Å². The van der Waals surface area contributed by atoms with E-state index in [0.717, 1.165) is 52.2 Å². The van der Waals surface area contributed by atoms with Crippen LogP contribution in [0.2, 0.25) is 0 Å². The lowest BCUT2D eigenvalue weighted by molar-refractivity contribution is -0.116. The van der Waals surface area contributed by atoms with Gasteiger partial charge in [0.2, 0.25) is 28.9 Å². The lowest BCUT2D eigenvalue weighted by atomic mass is 10.1. The molecule has 2 amide bonds. The Balaban J connectivity index is 0.904. The minimum Gasteiger partial charge on any atom is -0.454 e. The standard InChI is InChI=1S/C26H22N6O5S2/c33-20(11-14-5-7-16-17(9-14)24(16)35)27-25-31-29-22(38-25)3-1-2-4-23-30-32-26(39-23)28-21(34)12-15-6-8-18-19(10-15)37-13-36-18/h5-10H,1-4,11-13H2,(H,27,31,33)(H,28,32,34). The van der Waals surface area contributed by atoms with Gasteiger partial charge in [0.15, 0.2) is 16.9 Å². The molecule has 0 unspecified atom stereocenters. The second-order valence-corrected chi connectivity index (χ2v) is 11.2. The molecule has 0 radical (unpaired) electrons. The molecule has 3 heterocycles. The van der Waals surface area contributed by atoms with Gasteiger partial charge in [0, 0.05) is 23.6 Å². The second-order valence-electron chi connectivity index (χ2n) is 9.06. The van der Waals surface area contributed by atoms with Crippen molar-refractivity contribution in [3.05, 3.63) is 67.8 Å². The quantitative estimate of drug-likeness (QED) is 0.231. The highest BCUT2D eigenvalue weighted by Crippen LogP contribution is 2.32. The van der Waals surface area contributed by atoms with Crippen LogP contribution in [0.3, 0.4) is 0 Å². The molecule has 3 aromatic carbocycles. The predicted molar refractivity (Wildman–Crippen MR) is 146 cm³/mol. The van der Waals surface area contributed by atoms with E-state index in [1.165, 1.54) is 22.7 Å². The molecule has 39 heavy (non-hydrogen) atoms. The highest BCUT2D eigenvalue weighted by Gasteiger charge is 2.16. The average Bonchev–Trinajstić information content (AvgIpc) is 3.40. The number of aryl methyl sites for hydroxylation is 2. The molecule has 11 nitrogen and oxygen atoms in total. The summed E-state index contributed by atoms with van der Waals surface area (Å²) >= 11 is 2.72. The van der Waals surface area contributed by atoms with Crippen molar-refractivity contribution in [3.8, 4) is 11.5 Å². The fourth-order valence-corrected chi connectivity index (χ4v) is 5.75. The Kier molecular flexibility index (Phi) is 6.99. The van der Waals surface area contributed by atoms with Gasteiger partial charge in [0.1, 0.15) is 10.0 Å². The van der Waals surface area contributed by atoms with Gasteiger partial charge in [0.25, 0.3) is 0 Å². The number of fused-ring (bicyclic) bond motifs is 2. The van der Waals surface area contributed by atoms with Crippen molar-refractivity contribution in [1.29, 1.82) is 0 Å². The van der Waals surface area contributed by atoms with Crippen LogP contribution in [0.5, 0.6) is 11.5 Å². The molecule has 5 aromatic rings. The predicted octanol–water partition coefficient (Wildman–Crippen LogP) is 3.44. The Morgan fingerprint density at radius 1 is 0.744 bits per heavy atom. The molecule has 0 fully saturated rings. The Hall–Kier alpha value is -4.23. The average molecular weight is 563 g/mol. The number of rotatable bonds is 11. The minimum absolute atomic E-state index is 0.0579. The summed E-state index contributed by atoms with van der Waals surface area (Å²) in [5.74, 6) is 0.961. The molecule has 0 spiro atoms. The van der Waals surface area contributed by atoms with Crippen LogP contribution in [-0.2, 0) is 35.3 Å². The van der Waals surface area contributed by atoms with Gasteiger partial charge in [-0.05, 0) is 42.2 Å². The smallest absolute Gasteiger partial charge is 0.231 e. The van der Waals surface area contributed by atoms with Crippen LogP contribution >= 0.6 is 22.7 Å². The van der Waals surface area contributed by atoms with Crippen LogP contribution in [0.4, 0.5) is 10.3 Å². The van der Waals surface area contributed by atoms with Gasteiger partial charge in [-0.15, -0.1) is 20.4 Å². The fourth-order valence-electron chi connectivity index (χ4n) is 4.15. The Morgan fingerprint density at radius 3 is 1.97 bits per heavy atom. The van der Waals surface area contributed by atoms with Crippen LogP contribution < -0.4 is 25.5 Å². The molecule has 198 valence electrons. The third-order valence-corrected chi connectivity index (χ3v) is 7.93. The topological polar surface area (TPSA) is 145 Å². The SMILES string of the molecule is O=C(Cc1ccc2c(c1)OCO2)Nc1nnc(CCCCc2nnc(NC(=O)Cc3ccc4c(=O)c4c3)s2)s1. The first-order chi connectivity index (χ1) is 19.0. The zero-order valence-electron chi connectivity index (χ0n) is 20.6. The number of carbonyl (C=O) groups is 2. The number of unbranched alkanes of at least 4 members (excludes halogenated alkanes) is 1. The number of ether oxygens (including phenoxy) is 2. The number of nitrogens with zero attached hydrogens (tertiary/aromatic N) is 4. The van der Waals surface area contributed by atoms with Crippen molar-refractivity contribution in [2.24, 2.45) is 0 Å². The number of carbonyl (C=O) groups excluding carboxylic acids is 2. The third-order valence-electron chi connectivity index (χ3n) is 6.13. The molecule has 1 aliphatic rings. The number of anilines is 2. The largest absolute Gasteiger partial charge is 0.454 e.